The van der Waals surface area contributed by atoms with Gasteiger partial charge in [0.25, 0.3) is 0 Å². The highest BCUT2D eigenvalue weighted by molar-refractivity contribution is 5.91. The number of hydrogen-bond acceptors (Lipinski definition) is 3. The third-order valence-electron chi connectivity index (χ3n) is 2.73. The van der Waals surface area contributed by atoms with E-state index in [1.54, 1.807) is 24.5 Å². The van der Waals surface area contributed by atoms with Gasteiger partial charge in [0.1, 0.15) is 0 Å². The maximum atomic E-state index is 11.5. The van der Waals surface area contributed by atoms with E-state index in [1.165, 1.54) is 0 Å². The van der Waals surface area contributed by atoms with E-state index in [9.17, 15) is 4.79 Å². The standard InChI is InChI=1S/C14H21N3O/c1-3-17(4-2)11-10-16-14(18)8-7-13-6-5-9-15-12-13/h5-9,12H,3-4,10-11H2,1-2H3,(H,16,18)/b8-7+. The lowest BCUT2D eigenvalue weighted by Crippen LogP contribution is -2.34. The first-order valence-electron chi connectivity index (χ1n) is 6.34. The van der Waals surface area contributed by atoms with Crippen LogP contribution < -0.4 is 5.32 Å². The lowest BCUT2D eigenvalue weighted by Gasteiger charge is -2.17. The summed E-state index contributed by atoms with van der Waals surface area (Å²) in [7, 11) is 0. The molecule has 0 aliphatic heterocycles. The zero-order valence-electron chi connectivity index (χ0n) is 11.1. The van der Waals surface area contributed by atoms with Crippen molar-refractivity contribution in [2.45, 2.75) is 13.8 Å². The summed E-state index contributed by atoms with van der Waals surface area (Å²) in [5, 5.41) is 2.86. The zero-order chi connectivity index (χ0) is 13.2. The lowest BCUT2D eigenvalue weighted by molar-refractivity contribution is -0.116. The average Bonchev–Trinajstić information content (AvgIpc) is 2.42. The number of nitrogens with zero attached hydrogens (tertiary/aromatic N) is 2. The van der Waals surface area contributed by atoms with E-state index < -0.39 is 0 Å². The molecule has 4 nitrogen and oxygen atoms in total. The Labute approximate surface area is 109 Å². The highest BCUT2D eigenvalue weighted by atomic mass is 16.1. The third kappa shape index (κ3) is 5.59. The number of aromatic nitrogens is 1. The SMILES string of the molecule is CCN(CC)CCNC(=O)/C=C/c1cccnc1. The Balaban J connectivity index is 2.28. The molecule has 0 atom stereocenters. The largest absolute Gasteiger partial charge is 0.351 e. The summed E-state index contributed by atoms with van der Waals surface area (Å²) in [5.74, 6) is -0.0639. The van der Waals surface area contributed by atoms with Crippen LogP contribution in [0.15, 0.2) is 30.6 Å². The topological polar surface area (TPSA) is 45.2 Å². The van der Waals surface area contributed by atoms with Gasteiger partial charge in [-0.1, -0.05) is 19.9 Å². The molecule has 0 aliphatic rings. The van der Waals surface area contributed by atoms with Crippen molar-refractivity contribution in [3.63, 3.8) is 0 Å². The average molecular weight is 247 g/mol. The van der Waals surface area contributed by atoms with Gasteiger partial charge in [0.15, 0.2) is 0 Å². The molecule has 1 aromatic heterocycles. The van der Waals surface area contributed by atoms with Crippen molar-refractivity contribution in [1.82, 2.24) is 15.2 Å². The molecule has 98 valence electrons. The smallest absolute Gasteiger partial charge is 0.244 e. The Hall–Kier alpha value is -1.68. The van der Waals surface area contributed by atoms with Crippen molar-refractivity contribution in [3.05, 3.63) is 36.2 Å². The molecule has 0 bridgehead atoms. The number of pyridine rings is 1. The number of amides is 1. The van der Waals surface area contributed by atoms with Gasteiger partial charge in [0.2, 0.25) is 5.91 Å². The highest BCUT2D eigenvalue weighted by Crippen LogP contribution is 1.97. The van der Waals surface area contributed by atoms with Gasteiger partial charge in [0, 0.05) is 31.6 Å². The molecule has 1 rings (SSSR count). The fourth-order valence-electron chi connectivity index (χ4n) is 1.58. The van der Waals surface area contributed by atoms with Gasteiger partial charge in [-0.25, -0.2) is 0 Å². The van der Waals surface area contributed by atoms with E-state index >= 15 is 0 Å². The third-order valence-corrected chi connectivity index (χ3v) is 2.73. The number of carbonyl (C=O) groups excluding carboxylic acids is 1. The second-order valence-electron chi connectivity index (χ2n) is 3.94. The summed E-state index contributed by atoms with van der Waals surface area (Å²) in [4.78, 5) is 17.8. The van der Waals surface area contributed by atoms with Gasteiger partial charge < -0.3 is 10.2 Å². The van der Waals surface area contributed by atoms with Crippen LogP contribution in [0.3, 0.4) is 0 Å². The maximum absolute atomic E-state index is 11.5. The minimum absolute atomic E-state index is 0.0639. The van der Waals surface area contributed by atoms with Crippen molar-refractivity contribution >= 4 is 12.0 Å². The summed E-state index contributed by atoms with van der Waals surface area (Å²) in [6.45, 7) is 7.83. The van der Waals surface area contributed by atoms with Gasteiger partial charge in [-0.05, 0) is 30.8 Å². The van der Waals surface area contributed by atoms with Crippen molar-refractivity contribution < 1.29 is 4.79 Å². The molecule has 0 aromatic carbocycles. The van der Waals surface area contributed by atoms with E-state index in [1.807, 2.05) is 12.1 Å². The summed E-state index contributed by atoms with van der Waals surface area (Å²) >= 11 is 0. The Morgan fingerprint density at radius 2 is 2.22 bits per heavy atom. The molecule has 0 saturated heterocycles. The Bertz CT molecular complexity index is 372. The van der Waals surface area contributed by atoms with E-state index in [0.29, 0.717) is 6.54 Å². The van der Waals surface area contributed by atoms with Gasteiger partial charge in [0.05, 0.1) is 0 Å². The van der Waals surface area contributed by atoms with Crippen LogP contribution in [-0.2, 0) is 4.79 Å². The second kappa shape index (κ2) is 8.42. The van der Waals surface area contributed by atoms with E-state index in [0.717, 1.165) is 25.2 Å². The first-order chi connectivity index (χ1) is 8.76. The predicted molar refractivity (Wildman–Crippen MR) is 74.1 cm³/mol. The van der Waals surface area contributed by atoms with Gasteiger partial charge in [-0.15, -0.1) is 0 Å². The monoisotopic (exact) mass is 247 g/mol. The second-order valence-corrected chi connectivity index (χ2v) is 3.94. The summed E-state index contributed by atoms with van der Waals surface area (Å²) in [6, 6.07) is 3.75. The number of hydrogen-bond donors (Lipinski definition) is 1. The van der Waals surface area contributed by atoms with Gasteiger partial charge in [-0.2, -0.15) is 0 Å². The molecule has 0 unspecified atom stereocenters. The van der Waals surface area contributed by atoms with Gasteiger partial charge in [-0.3, -0.25) is 9.78 Å². The normalized spacial score (nSPS) is 11.1. The van der Waals surface area contributed by atoms with Crippen LogP contribution in [0.4, 0.5) is 0 Å². The van der Waals surface area contributed by atoms with Crippen LogP contribution in [0.1, 0.15) is 19.4 Å². The van der Waals surface area contributed by atoms with E-state index in [-0.39, 0.29) is 5.91 Å². The fraction of sp³-hybridized carbons (Fsp3) is 0.429. The van der Waals surface area contributed by atoms with Crippen LogP contribution in [0.25, 0.3) is 6.08 Å². The molecule has 1 aromatic rings. The van der Waals surface area contributed by atoms with Crippen LogP contribution in [0.5, 0.6) is 0 Å². The molecule has 0 saturated carbocycles. The molecule has 4 heteroatoms. The maximum Gasteiger partial charge on any atom is 0.244 e. The molecule has 0 radical (unpaired) electrons. The molecular formula is C14H21N3O. The van der Waals surface area contributed by atoms with Crippen LogP contribution in [0, 0.1) is 0 Å². The van der Waals surface area contributed by atoms with Gasteiger partial charge >= 0.3 is 0 Å². The van der Waals surface area contributed by atoms with Crippen molar-refractivity contribution in [3.8, 4) is 0 Å². The van der Waals surface area contributed by atoms with Crippen LogP contribution in [0.2, 0.25) is 0 Å². The van der Waals surface area contributed by atoms with Crippen molar-refractivity contribution in [2.75, 3.05) is 26.2 Å². The number of rotatable bonds is 7. The van der Waals surface area contributed by atoms with Crippen molar-refractivity contribution in [2.24, 2.45) is 0 Å². The minimum Gasteiger partial charge on any atom is -0.351 e. The molecule has 0 aliphatic carbocycles. The minimum atomic E-state index is -0.0639. The van der Waals surface area contributed by atoms with Crippen molar-refractivity contribution in [1.29, 1.82) is 0 Å². The molecule has 0 fully saturated rings. The molecule has 1 N–H and O–H groups in total. The summed E-state index contributed by atoms with van der Waals surface area (Å²) < 4.78 is 0. The lowest BCUT2D eigenvalue weighted by atomic mass is 10.2. The number of likely N-dealkylation sites (N-methyl/N-ethyl adjacent to an activating group) is 1. The fourth-order valence-corrected chi connectivity index (χ4v) is 1.58. The molecule has 0 spiro atoms. The highest BCUT2D eigenvalue weighted by Gasteiger charge is 1.99. The molecule has 18 heavy (non-hydrogen) atoms. The Kier molecular flexibility index (Phi) is 6.72. The zero-order valence-corrected chi connectivity index (χ0v) is 11.1. The first kappa shape index (κ1) is 14.4. The van der Waals surface area contributed by atoms with E-state index in [2.05, 4.69) is 29.0 Å². The quantitative estimate of drug-likeness (QED) is 0.744. The van der Waals surface area contributed by atoms with E-state index in [4.69, 9.17) is 0 Å². The number of nitrogens with one attached hydrogen (secondary N) is 1. The Morgan fingerprint density at radius 3 is 2.83 bits per heavy atom. The Morgan fingerprint density at radius 1 is 1.44 bits per heavy atom. The molecular weight excluding hydrogens is 226 g/mol. The predicted octanol–water partition coefficient (Wildman–Crippen LogP) is 1.55. The first-order valence-corrected chi connectivity index (χ1v) is 6.34. The molecule has 1 heterocycles. The summed E-state index contributed by atoms with van der Waals surface area (Å²) in [5.41, 5.74) is 0.927. The number of carbonyl (C=O) groups is 1. The van der Waals surface area contributed by atoms with Crippen LogP contribution in [-0.4, -0.2) is 42.0 Å². The molecule has 1 amide bonds. The summed E-state index contributed by atoms with van der Waals surface area (Å²) in [6.07, 6.45) is 6.74. The van der Waals surface area contributed by atoms with Crippen LogP contribution >= 0.6 is 0 Å².